The van der Waals surface area contributed by atoms with Gasteiger partial charge in [0, 0.05) is 6.07 Å². The Morgan fingerprint density at radius 2 is 2.00 bits per heavy atom. The minimum absolute atomic E-state index is 0.170. The molecule has 1 aromatic heterocycles. The third kappa shape index (κ3) is 2.80. The zero-order valence-corrected chi connectivity index (χ0v) is 10.8. The summed E-state index contributed by atoms with van der Waals surface area (Å²) in [7, 11) is 0. The molecule has 0 N–H and O–H groups in total. The Morgan fingerprint density at radius 3 is 2.71 bits per heavy atom. The van der Waals surface area contributed by atoms with E-state index < -0.39 is 0 Å². The molecular formula is C11H7Cl3N2O. The molecule has 0 aliphatic rings. The van der Waals surface area contributed by atoms with Gasteiger partial charge in [0.25, 0.3) is 5.56 Å². The summed E-state index contributed by atoms with van der Waals surface area (Å²) in [4.78, 5) is 15.4. The van der Waals surface area contributed by atoms with E-state index in [1.165, 1.54) is 17.0 Å². The molecule has 0 aliphatic heterocycles. The minimum atomic E-state index is -0.235. The molecule has 0 amide bonds. The molecule has 2 aromatic rings. The van der Waals surface area contributed by atoms with Crippen LogP contribution in [0.5, 0.6) is 0 Å². The molecular weight excluding hydrogens is 282 g/mol. The molecule has 0 fully saturated rings. The van der Waals surface area contributed by atoms with Gasteiger partial charge in [0.2, 0.25) is 0 Å². The molecule has 88 valence electrons. The lowest BCUT2D eigenvalue weighted by molar-refractivity contribution is 0.736. The molecule has 0 saturated heterocycles. The summed E-state index contributed by atoms with van der Waals surface area (Å²) in [5.41, 5.74) is 0.520. The van der Waals surface area contributed by atoms with Crippen LogP contribution in [0.3, 0.4) is 0 Å². The average molecular weight is 290 g/mol. The van der Waals surface area contributed by atoms with E-state index >= 15 is 0 Å². The van der Waals surface area contributed by atoms with Crippen molar-refractivity contribution in [3.05, 3.63) is 61.7 Å². The molecule has 0 spiro atoms. The maximum absolute atomic E-state index is 11.6. The number of aromatic nitrogens is 2. The Labute approximate surface area is 113 Å². The van der Waals surface area contributed by atoms with Crippen LogP contribution in [0.15, 0.2) is 35.4 Å². The molecule has 2 rings (SSSR count). The largest absolute Gasteiger partial charge is 0.295 e. The van der Waals surface area contributed by atoms with E-state index in [0.29, 0.717) is 16.6 Å². The lowest BCUT2D eigenvalue weighted by Gasteiger charge is -2.07. The highest BCUT2D eigenvalue weighted by Crippen LogP contribution is 2.25. The van der Waals surface area contributed by atoms with Crippen LogP contribution in [0, 0.1) is 0 Å². The van der Waals surface area contributed by atoms with Crippen molar-refractivity contribution in [3.63, 3.8) is 0 Å². The lowest BCUT2D eigenvalue weighted by Crippen LogP contribution is -2.20. The van der Waals surface area contributed by atoms with Crippen LogP contribution < -0.4 is 5.56 Å². The summed E-state index contributed by atoms with van der Waals surface area (Å²) in [5.74, 6) is 0. The smallest absolute Gasteiger partial charge is 0.255 e. The maximum atomic E-state index is 11.6. The summed E-state index contributed by atoms with van der Waals surface area (Å²) >= 11 is 17.5. The molecule has 1 aromatic carbocycles. The van der Waals surface area contributed by atoms with Gasteiger partial charge in [-0.1, -0.05) is 46.9 Å². The second-order valence-corrected chi connectivity index (χ2v) is 4.56. The number of benzene rings is 1. The van der Waals surface area contributed by atoms with Crippen LogP contribution in [-0.4, -0.2) is 9.55 Å². The highest BCUT2D eigenvalue weighted by molar-refractivity contribution is 6.42. The van der Waals surface area contributed by atoms with E-state index in [4.69, 9.17) is 34.8 Å². The van der Waals surface area contributed by atoms with Crippen molar-refractivity contribution in [1.29, 1.82) is 0 Å². The average Bonchev–Trinajstić information content (AvgIpc) is 2.28. The van der Waals surface area contributed by atoms with Crippen molar-refractivity contribution in [3.8, 4) is 0 Å². The number of nitrogens with zero attached hydrogens (tertiary/aromatic N) is 2. The number of halogens is 3. The van der Waals surface area contributed by atoms with Gasteiger partial charge in [-0.2, -0.15) is 0 Å². The molecule has 0 radical (unpaired) electrons. The van der Waals surface area contributed by atoms with E-state index in [1.54, 1.807) is 18.2 Å². The molecule has 3 nitrogen and oxygen atoms in total. The molecule has 0 bridgehead atoms. The molecule has 0 unspecified atom stereocenters. The lowest BCUT2D eigenvalue weighted by atomic mass is 10.2. The first-order chi connectivity index (χ1) is 8.08. The van der Waals surface area contributed by atoms with Gasteiger partial charge in [-0.05, 0) is 11.6 Å². The fourth-order valence-electron chi connectivity index (χ4n) is 1.38. The van der Waals surface area contributed by atoms with Gasteiger partial charge >= 0.3 is 0 Å². The van der Waals surface area contributed by atoms with Crippen LogP contribution in [0.2, 0.25) is 15.2 Å². The van der Waals surface area contributed by atoms with Crippen molar-refractivity contribution < 1.29 is 0 Å². The minimum Gasteiger partial charge on any atom is -0.295 e. The van der Waals surface area contributed by atoms with E-state index in [-0.39, 0.29) is 10.7 Å². The van der Waals surface area contributed by atoms with Gasteiger partial charge in [-0.25, -0.2) is 4.98 Å². The maximum Gasteiger partial charge on any atom is 0.255 e. The Morgan fingerprint density at radius 1 is 1.24 bits per heavy atom. The second-order valence-electron chi connectivity index (χ2n) is 3.39. The zero-order valence-electron chi connectivity index (χ0n) is 8.53. The zero-order chi connectivity index (χ0) is 12.4. The summed E-state index contributed by atoms with van der Waals surface area (Å²) in [6, 6.07) is 6.52. The summed E-state index contributed by atoms with van der Waals surface area (Å²) in [6.07, 6.45) is 1.38. The molecule has 6 heteroatoms. The fourth-order valence-corrected chi connectivity index (χ4v) is 1.89. The van der Waals surface area contributed by atoms with Crippen LogP contribution in [0.25, 0.3) is 0 Å². The van der Waals surface area contributed by atoms with Gasteiger partial charge in [-0.15, -0.1) is 0 Å². The van der Waals surface area contributed by atoms with Crippen LogP contribution in [0.1, 0.15) is 5.56 Å². The first kappa shape index (κ1) is 12.4. The summed E-state index contributed by atoms with van der Waals surface area (Å²) in [5, 5.41) is 1.07. The summed E-state index contributed by atoms with van der Waals surface area (Å²) < 4.78 is 1.41. The monoisotopic (exact) mass is 288 g/mol. The highest BCUT2D eigenvalue weighted by Gasteiger charge is 2.06. The third-order valence-electron chi connectivity index (χ3n) is 2.22. The Bertz CT molecular complexity index is 610. The number of rotatable bonds is 2. The predicted molar refractivity (Wildman–Crippen MR) is 69.1 cm³/mol. The molecule has 0 saturated carbocycles. The second kappa shape index (κ2) is 5.08. The standard InChI is InChI=1S/C11H7Cl3N2O/c12-8-3-1-2-7(11(8)14)5-16-6-15-9(13)4-10(16)17/h1-4,6H,5H2. The van der Waals surface area contributed by atoms with Crippen LogP contribution >= 0.6 is 34.8 Å². The fraction of sp³-hybridized carbons (Fsp3) is 0.0909. The molecule has 0 aliphatic carbocycles. The van der Waals surface area contributed by atoms with Gasteiger partial charge < -0.3 is 0 Å². The SMILES string of the molecule is O=c1cc(Cl)ncn1Cc1cccc(Cl)c1Cl. The topological polar surface area (TPSA) is 34.9 Å². The number of hydrogen-bond donors (Lipinski definition) is 0. The van der Waals surface area contributed by atoms with Gasteiger partial charge in [0.15, 0.2) is 0 Å². The van der Waals surface area contributed by atoms with Crippen molar-refractivity contribution in [1.82, 2.24) is 9.55 Å². The first-order valence-electron chi connectivity index (χ1n) is 4.73. The van der Waals surface area contributed by atoms with E-state index in [0.717, 1.165) is 5.56 Å². The Balaban J connectivity index is 2.38. The predicted octanol–water partition coefficient (Wildman–Crippen LogP) is 3.25. The quantitative estimate of drug-likeness (QED) is 0.796. The van der Waals surface area contributed by atoms with Crippen molar-refractivity contribution in [2.24, 2.45) is 0 Å². The summed E-state index contributed by atoms with van der Waals surface area (Å²) in [6.45, 7) is 0.308. The molecule has 0 atom stereocenters. The van der Waals surface area contributed by atoms with Gasteiger partial charge in [-0.3, -0.25) is 9.36 Å². The van der Waals surface area contributed by atoms with Crippen LogP contribution in [-0.2, 0) is 6.54 Å². The highest BCUT2D eigenvalue weighted by atomic mass is 35.5. The van der Waals surface area contributed by atoms with Crippen molar-refractivity contribution >= 4 is 34.8 Å². The Hall–Kier alpha value is -1.03. The van der Waals surface area contributed by atoms with E-state index in [9.17, 15) is 4.79 Å². The van der Waals surface area contributed by atoms with E-state index in [2.05, 4.69) is 4.98 Å². The Kier molecular flexibility index (Phi) is 3.72. The van der Waals surface area contributed by atoms with Crippen LogP contribution in [0.4, 0.5) is 0 Å². The van der Waals surface area contributed by atoms with Crippen molar-refractivity contribution in [2.75, 3.05) is 0 Å². The molecule has 17 heavy (non-hydrogen) atoms. The first-order valence-corrected chi connectivity index (χ1v) is 5.86. The normalized spacial score (nSPS) is 10.5. The molecule has 1 heterocycles. The van der Waals surface area contributed by atoms with E-state index in [1.807, 2.05) is 0 Å². The van der Waals surface area contributed by atoms with Gasteiger partial charge in [0.1, 0.15) is 5.15 Å². The van der Waals surface area contributed by atoms with Crippen molar-refractivity contribution in [2.45, 2.75) is 6.54 Å². The number of hydrogen-bond acceptors (Lipinski definition) is 2. The third-order valence-corrected chi connectivity index (χ3v) is 3.28. The van der Waals surface area contributed by atoms with Gasteiger partial charge in [0.05, 0.1) is 22.9 Å².